The number of piperazine rings is 1. The minimum atomic E-state index is -0.435. The van der Waals surface area contributed by atoms with Crippen LogP contribution in [0.5, 0.6) is 5.75 Å². The zero-order valence-electron chi connectivity index (χ0n) is 14.6. The molecule has 1 fully saturated rings. The quantitative estimate of drug-likeness (QED) is 0.756. The van der Waals surface area contributed by atoms with Gasteiger partial charge in [-0.15, -0.1) is 0 Å². The zero-order chi connectivity index (χ0) is 17.5. The molecule has 5 nitrogen and oxygen atoms in total. The van der Waals surface area contributed by atoms with Gasteiger partial charge in [0.1, 0.15) is 12.4 Å². The molecule has 1 aliphatic heterocycles. The maximum Gasteiger partial charge on any atom is 0.119 e. The third-order valence-electron chi connectivity index (χ3n) is 4.59. The van der Waals surface area contributed by atoms with Crippen LogP contribution in [0.3, 0.4) is 0 Å². The number of nitrogens with zero attached hydrogens (tertiary/aromatic N) is 2. The number of nitrogens with two attached hydrogens (primary N) is 1. The lowest BCUT2D eigenvalue weighted by Gasteiger charge is -2.36. The monoisotopic (exact) mass is 341 g/mol. The lowest BCUT2D eigenvalue weighted by molar-refractivity contribution is 0.0866. The molecule has 1 aliphatic rings. The van der Waals surface area contributed by atoms with Crippen LogP contribution < -0.4 is 15.4 Å². The Hall–Kier alpha value is -2.24. The molecule has 0 amide bonds. The Bertz CT molecular complexity index is 625. The van der Waals surface area contributed by atoms with E-state index in [9.17, 15) is 5.11 Å². The van der Waals surface area contributed by atoms with E-state index in [4.69, 9.17) is 10.5 Å². The van der Waals surface area contributed by atoms with Crippen LogP contribution in [0.1, 0.15) is 6.42 Å². The maximum atomic E-state index is 10.1. The number of hydrogen-bond donors (Lipinski definition) is 2. The van der Waals surface area contributed by atoms with Gasteiger partial charge in [-0.25, -0.2) is 0 Å². The van der Waals surface area contributed by atoms with Crippen molar-refractivity contribution >= 4 is 11.4 Å². The van der Waals surface area contributed by atoms with Crippen molar-refractivity contribution in [1.82, 2.24) is 4.90 Å². The van der Waals surface area contributed by atoms with Gasteiger partial charge in [0, 0.05) is 44.1 Å². The van der Waals surface area contributed by atoms with Gasteiger partial charge < -0.3 is 20.5 Å². The zero-order valence-corrected chi connectivity index (χ0v) is 14.6. The van der Waals surface area contributed by atoms with Gasteiger partial charge in [0.2, 0.25) is 0 Å². The average molecular weight is 341 g/mol. The first-order valence-electron chi connectivity index (χ1n) is 8.89. The Kier molecular flexibility index (Phi) is 6.14. The van der Waals surface area contributed by atoms with Crippen LogP contribution in [0.2, 0.25) is 0 Å². The van der Waals surface area contributed by atoms with E-state index in [1.165, 1.54) is 5.69 Å². The van der Waals surface area contributed by atoms with E-state index in [1.54, 1.807) is 0 Å². The Labute approximate surface area is 149 Å². The standard InChI is InChI=1S/C20H27N3O2/c21-17-6-8-18(9-7-17)23-14-12-22(13-15-23)11-10-19(24)16-25-20-4-2-1-3-5-20/h1-9,19,24H,10-16,21H2. The molecule has 0 aromatic heterocycles. The highest BCUT2D eigenvalue weighted by atomic mass is 16.5. The van der Waals surface area contributed by atoms with Crippen LogP contribution in [0.4, 0.5) is 11.4 Å². The molecule has 1 heterocycles. The number of anilines is 2. The molecule has 1 unspecified atom stereocenters. The largest absolute Gasteiger partial charge is 0.491 e. The highest BCUT2D eigenvalue weighted by molar-refractivity contribution is 5.53. The van der Waals surface area contributed by atoms with Gasteiger partial charge in [-0.05, 0) is 42.8 Å². The van der Waals surface area contributed by atoms with Gasteiger partial charge in [0.15, 0.2) is 0 Å². The smallest absolute Gasteiger partial charge is 0.119 e. The van der Waals surface area contributed by atoms with E-state index in [1.807, 2.05) is 42.5 Å². The van der Waals surface area contributed by atoms with Crippen LogP contribution in [0, 0.1) is 0 Å². The van der Waals surface area contributed by atoms with Crippen molar-refractivity contribution in [3.63, 3.8) is 0 Å². The van der Waals surface area contributed by atoms with E-state index >= 15 is 0 Å². The Morgan fingerprint density at radius 1 is 0.960 bits per heavy atom. The molecule has 0 spiro atoms. The minimum absolute atomic E-state index is 0.343. The summed E-state index contributed by atoms with van der Waals surface area (Å²) in [6.45, 7) is 5.26. The molecular formula is C20H27N3O2. The molecule has 0 radical (unpaired) electrons. The molecule has 25 heavy (non-hydrogen) atoms. The second-order valence-electron chi connectivity index (χ2n) is 6.49. The summed E-state index contributed by atoms with van der Waals surface area (Å²) in [6, 6.07) is 17.7. The Balaban J connectivity index is 1.35. The van der Waals surface area contributed by atoms with Crippen LogP contribution >= 0.6 is 0 Å². The summed E-state index contributed by atoms with van der Waals surface area (Å²) in [7, 11) is 0. The predicted octanol–water partition coefficient (Wildman–Crippen LogP) is 2.22. The summed E-state index contributed by atoms with van der Waals surface area (Å²) in [4.78, 5) is 4.78. The van der Waals surface area contributed by atoms with Crippen LogP contribution in [0.25, 0.3) is 0 Å². The maximum absolute atomic E-state index is 10.1. The Morgan fingerprint density at radius 2 is 1.64 bits per heavy atom. The second-order valence-corrected chi connectivity index (χ2v) is 6.49. The number of nitrogen functional groups attached to an aromatic ring is 1. The molecule has 0 aliphatic carbocycles. The average Bonchev–Trinajstić information content (AvgIpc) is 2.67. The number of rotatable bonds is 7. The van der Waals surface area contributed by atoms with Gasteiger partial charge in [-0.1, -0.05) is 18.2 Å². The number of para-hydroxylation sites is 1. The van der Waals surface area contributed by atoms with Crippen molar-refractivity contribution in [2.75, 3.05) is 50.0 Å². The molecule has 2 aromatic carbocycles. The summed E-state index contributed by atoms with van der Waals surface area (Å²) >= 11 is 0. The van der Waals surface area contributed by atoms with E-state index in [-0.39, 0.29) is 0 Å². The first-order chi connectivity index (χ1) is 12.2. The normalized spacial score (nSPS) is 16.6. The van der Waals surface area contributed by atoms with E-state index in [2.05, 4.69) is 21.9 Å². The molecule has 1 saturated heterocycles. The minimum Gasteiger partial charge on any atom is -0.491 e. The van der Waals surface area contributed by atoms with Crippen LogP contribution in [-0.2, 0) is 0 Å². The summed E-state index contributed by atoms with van der Waals surface area (Å²) in [5, 5.41) is 10.1. The topological polar surface area (TPSA) is 62.0 Å². The lowest BCUT2D eigenvalue weighted by Crippen LogP contribution is -2.47. The van der Waals surface area contributed by atoms with Crippen molar-refractivity contribution in [3.05, 3.63) is 54.6 Å². The molecule has 0 bridgehead atoms. The highest BCUT2D eigenvalue weighted by Crippen LogP contribution is 2.18. The van der Waals surface area contributed by atoms with Gasteiger partial charge in [0.05, 0.1) is 6.10 Å². The first kappa shape index (κ1) is 17.6. The molecule has 5 heteroatoms. The predicted molar refractivity (Wildman–Crippen MR) is 102 cm³/mol. The summed E-state index contributed by atoms with van der Waals surface area (Å²) in [6.07, 6.45) is 0.296. The third-order valence-corrected chi connectivity index (χ3v) is 4.59. The third kappa shape index (κ3) is 5.37. The number of aliphatic hydroxyl groups excluding tert-OH is 1. The second kappa shape index (κ2) is 8.74. The van der Waals surface area contributed by atoms with Crippen molar-refractivity contribution < 1.29 is 9.84 Å². The fourth-order valence-electron chi connectivity index (χ4n) is 3.04. The fourth-order valence-corrected chi connectivity index (χ4v) is 3.04. The van der Waals surface area contributed by atoms with Crippen molar-refractivity contribution in [1.29, 1.82) is 0 Å². The first-order valence-corrected chi connectivity index (χ1v) is 8.89. The summed E-state index contributed by atoms with van der Waals surface area (Å²) in [5.41, 5.74) is 7.77. The van der Waals surface area contributed by atoms with Crippen molar-refractivity contribution in [3.8, 4) is 5.75 Å². The Morgan fingerprint density at radius 3 is 2.32 bits per heavy atom. The molecule has 3 rings (SSSR count). The fraction of sp³-hybridized carbons (Fsp3) is 0.400. The van der Waals surface area contributed by atoms with E-state index in [0.717, 1.165) is 50.6 Å². The van der Waals surface area contributed by atoms with E-state index < -0.39 is 6.10 Å². The molecular weight excluding hydrogens is 314 g/mol. The summed E-state index contributed by atoms with van der Waals surface area (Å²) in [5.74, 6) is 0.804. The number of aliphatic hydroxyl groups is 1. The van der Waals surface area contributed by atoms with Crippen LogP contribution in [-0.4, -0.2) is 55.4 Å². The van der Waals surface area contributed by atoms with E-state index in [0.29, 0.717) is 6.61 Å². The molecule has 134 valence electrons. The van der Waals surface area contributed by atoms with Crippen molar-refractivity contribution in [2.45, 2.75) is 12.5 Å². The number of ether oxygens (including phenoxy) is 1. The van der Waals surface area contributed by atoms with Gasteiger partial charge >= 0.3 is 0 Å². The summed E-state index contributed by atoms with van der Waals surface area (Å²) < 4.78 is 5.61. The number of benzene rings is 2. The van der Waals surface area contributed by atoms with Crippen LogP contribution in [0.15, 0.2) is 54.6 Å². The van der Waals surface area contributed by atoms with Crippen molar-refractivity contribution in [2.24, 2.45) is 0 Å². The molecule has 2 aromatic rings. The molecule has 0 saturated carbocycles. The lowest BCUT2D eigenvalue weighted by atomic mass is 10.2. The number of hydrogen-bond acceptors (Lipinski definition) is 5. The molecule has 3 N–H and O–H groups in total. The molecule has 1 atom stereocenters. The SMILES string of the molecule is Nc1ccc(N2CCN(CCC(O)COc3ccccc3)CC2)cc1. The van der Waals surface area contributed by atoms with Gasteiger partial charge in [-0.2, -0.15) is 0 Å². The van der Waals surface area contributed by atoms with Gasteiger partial charge in [0.25, 0.3) is 0 Å². The highest BCUT2D eigenvalue weighted by Gasteiger charge is 2.18. The van der Waals surface area contributed by atoms with Gasteiger partial charge in [-0.3, -0.25) is 4.90 Å².